The second-order valence-electron chi connectivity index (χ2n) is 7.08. The number of halogens is 2. The SMILES string of the molecule is COc1ccc(CN2CCN(C(=O)c3csc(-c4ccc(Cl)cc4)n3)CC2)cc1F. The molecule has 4 rings (SSSR count). The van der Waals surface area contributed by atoms with Crippen LogP contribution in [0.25, 0.3) is 10.6 Å². The van der Waals surface area contributed by atoms with E-state index in [4.69, 9.17) is 16.3 Å². The van der Waals surface area contributed by atoms with E-state index in [0.717, 1.165) is 29.2 Å². The quantitative estimate of drug-likeness (QED) is 0.577. The molecule has 1 aromatic heterocycles. The Hall–Kier alpha value is -2.48. The summed E-state index contributed by atoms with van der Waals surface area (Å²) < 4.78 is 18.9. The lowest BCUT2D eigenvalue weighted by Crippen LogP contribution is -2.48. The molecule has 0 bridgehead atoms. The van der Waals surface area contributed by atoms with Crippen LogP contribution < -0.4 is 4.74 Å². The first-order valence-electron chi connectivity index (χ1n) is 9.59. The van der Waals surface area contributed by atoms with Gasteiger partial charge in [-0.05, 0) is 29.8 Å². The molecule has 0 saturated carbocycles. The first-order valence-corrected chi connectivity index (χ1v) is 10.8. The molecular formula is C22H21ClFN3O2S. The van der Waals surface area contributed by atoms with Gasteiger partial charge in [0.1, 0.15) is 10.7 Å². The Morgan fingerprint density at radius 1 is 1.17 bits per heavy atom. The van der Waals surface area contributed by atoms with Crippen molar-refractivity contribution in [2.75, 3.05) is 33.3 Å². The molecule has 156 valence electrons. The number of methoxy groups -OCH3 is 1. The number of carbonyl (C=O) groups is 1. The third-order valence-corrected chi connectivity index (χ3v) is 6.24. The third-order valence-electron chi connectivity index (χ3n) is 5.10. The Kier molecular flexibility index (Phi) is 6.32. The minimum atomic E-state index is -0.358. The molecule has 1 amide bonds. The fourth-order valence-corrected chi connectivity index (χ4v) is 4.36. The van der Waals surface area contributed by atoms with Gasteiger partial charge in [0.2, 0.25) is 0 Å². The molecule has 1 aliphatic rings. The topological polar surface area (TPSA) is 45.7 Å². The maximum atomic E-state index is 13.9. The van der Waals surface area contributed by atoms with Crippen molar-refractivity contribution in [2.45, 2.75) is 6.54 Å². The highest BCUT2D eigenvalue weighted by atomic mass is 35.5. The van der Waals surface area contributed by atoms with E-state index in [-0.39, 0.29) is 17.5 Å². The van der Waals surface area contributed by atoms with Crippen molar-refractivity contribution < 1.29 is 13.9 Å². The van der Waals surface area contributed by atoms with Crippen molar-refractivity contribution in [2.24, 2.45) is 0 Å². The van der Waals surface area contributed by atoms with Crippen LogP contribution in [0.5, 0.6) is 5.75 Å². The van der Waals surface area contributed by atoms with Crippen molar-refractivity contribution in [1.82, 2.24) is 14.8 Å². The molecule has 0 N–H and O–H groups in total. The molecule has 8 heteroatoms. The van der Waals surface area contributed by atoms with Crippen LogP contribution in [-0.2, 0) is 6.54 Å². The van der Waals surface area contributed by atoms with Gasteiger partial charge in [0.05, 0.1) is 7.11 Å². The molecular weight excluding hydrogens is 425 g/mol. The average molecular weight is 446 g/mol. The van der Waals surface area contributed by atoms with E-state index >= 15 is 0 Å². The second-order valence-corrected chi connectivity index (χ2v) is 8.38. The predicted molar refractivity (Wildman–Crippen MR) is 117 cm³/mol. The molecule has 1 aliphatic heterocycles. The van der Waals surface area contributed by atoms with E-state index < -0.39 is 0 Å². The Labute approximate surface area is 183 Å². The number of rotatable bonds is 5. The smallest absolute Gasteiger partial charge is 0.273 e. The summed E-state index contributed by atoms with van der Waals surface area (Å²) in [5, 5.41) is 3.27. The fourth-order valence-electron chi connectivity index (χ4n) is 3.43. The number of hydrogen-bond donors (Lipinski definition) is 0. The molecule has 2 heterocycles. The Balaban J connectivity index is 1.34. The number of benzene rings is 2. The average Bonchev–Trinajstić information content (AvgIpc) is 3.25. The Morgan fingerprint density at radius 2 is 1.90 bits per heavy atom. The lowest BCUT2D eigenvalue weighted by molar-refractivity contribution is 0.0623. The normalized spacial score (nSPS) is 14.7. The monoisotopic (exact) mass is 445 g/mol. The summed E-state index contributed by atoms with van der Waals surface area (Å²) in [6, 6.07) is 12.4. The minimum absolute atomic E-state index is 0.0541. The van der Waals surface area contributed by atoms with E-state index in [0.29, 0.717) is 30.4 Å². The van der Waals surface area contributed by atoms with Crippen LogP contribution >= 0.6 is 22.9 Å². The van der Waals surface area contributed by atoms with Crippen molar-refractivity contribution in [3.63, 3.8) is 0 Å². The highest BCUT2D eigenvalue weighted by Crippen LogP contribution is 2.26. The van der Waals surface area contributed by atoms with Crippen LogP contribution in [0.1, 0.15) is 16.1 Å². The summed E-state index contributed by atoms with van der Waals surface area (Å²) in [6.45, 7) is 3.33. The van der Waals surface area contributed by atoms with Crippen LogP contribution in [0.4, 0.5) is 4.39 Å². The van der Waals surface area contributed by atoms with E-state index in [1.807, 2.05) is 35.2 Å². The van der Waals surface area contributed by atoms with Crippen molar-refractivity contribution >= 4 is 28.8 Å². The van der Waals surface area contributed by atoms with Crippen molar-refractivity contribution in [1.29, 1.82) is 0 Å². The van der Waals surface area contributed by atoms with Gasteiger partial charge in [-0.1, -0.05) is 29.8 Å². The van der Waals surface area contributed by atoms with Gasteiger partial charge in [-0.25, -0.2) is 9.37 Å². The summed E-state index contributed by atoms with van der Waals surface area (Å²) in [6.07, 6.45) is 0. The number of hydrogen-bond acceptors (Lipinski definition) is 5. The molecule has 5 nitrogen and oxygen atoms in total. The van der Waals surface area contributed by atoms with Gasteiger partial charge in [0.15, 0.2) is 11.6 Å². The zero-order valence-corrected chi connectivity index (χ0v) is 18.0. The lowest BCUT2D eigenvalue weighted by Gasteiger charge is -2.34. The highest BCUT2D eigenvalue weighted by Gasteiger charge is 2.24. The standard InChI is InChI=1S/C22H21ClFN3O2S/c1-29-20-7-2-15(12-18(20)24)13-26-8-10-27(11-9-26)22(28)19-14-30-21(25-19)16-3-5-17(23)6-4-16/h2-7,12,14H,8-11,13H2,1H3. The highest BCUT2D eigenvalue weighted by molar-refractivity contribution is 7.13. The largest absolute Gasteiger partial charge is 0.494 e. The lowest BCUT2D eigenvalue weighted by atomic mass is 10.1. The molecule has 2 aromatic carbocycles. The fraction of sp³-hybridized carbons (Fsp3) is 0.273. The van der Waals surface area contributed by atoms with Gasteiger partial charge in [0.25, 0.3) is 5.91 Å². The number of thiazole rings is 1. The molecule has 0 radical (unpaired) electrons. The van der Waals surface area contributed by atoms with Crippen LogP contribution in [0.3, 0.4) is 0 Å². The zero-order chi connectivity index (χ0) is 21.1. The molecule has 0 aliphatic carbocycles. The summed E-state index contributed by atoms with van der Waals surface area (Å²) in [7, 11) is 1.45. The molecule has 30 heavy (non-hydrogen) atoms. The van der Waals surface area contributed by atoms with Gasteiger partial charge in [0, 0.05) is 48.7 Å². The molecule has 3 aromatic rings. The number of ether oxygens (including phenoxy) is 1. The minimum Gasteiger partial charge on any atom is -0.494 e. The van der Waals surface area contributed by atoms with Crippen LogP contribution in [-0.4, -0.2) is 54.0 Å². The number of piperazine rings is 1. The van der Waals surface area contributed by atoms with Crippen molar-refractivity contribution in [3.8, 4) is 16.3 Å². The molecule has 0 spiro atoms. The Bertz CT molecular complexity index is 1030. The van der Waals surface area contributed by atoms with E-state index in [2.05, 4.69) is 9.88 Å². The number of aromatic nitrogens is 1. The van der Waals surface area contributed by atoms with E-state index in [9.17, 15) is 9.18 Å². The van der Waals surface area contributed by atoms with Crippen molar-refractivity contribution in [3.05, 3.63) is 69.9 Å². The molecule has 1 fully saturated rings. The predicted octanol–water partition coefficient (Wildman–Crippen LogP) is 4.57. The van der Waals surface area contributed by atoms with Gasteiger partial charge < -0.3 is 9.64 Å². The zero-order valence-electron chi connectivity index (χ0n) is 16.5. The third kappa shape index (κ3) is 4.64. The van der Waals surface area contributed by atoms with Gasteiger partial charge in [-0.15, -0.1) is 11.3 Å². The maximum absolute atomic E-state index is 13.9. The number of nitrogens with zero attached hydrogens (tertiary/aromatic N) is 3. The van der Waals surface area contributed by atoms with E-state index in [1.54, 1.807) is 11.4 Å². The summed E-state index contributed by atoms with van der Waals surface area (Å²) in [5.41, 5.74) is 2.30. The first kappa shape index (κ1) is 20.8. The molecule has 0 unspecified atom stereocenters. The summed E-state index contributed by atoms with van der Waals surface area (Å²) >= 11 is 7.38. The van der Waals surface area contributed by atoms with Gasteiger partial charge >= 0.3 is 0 Å². The Morgan fingerprint density at radius 3 is 2.57 bits per heavy atom. The van der Waals surface area contributed by atoms with Gasteiger partial charge in [-0.2, -0.15) is 0 Å². The van der Waals surface area contributed by atoms with Crippen LogP contribution in [0.15, 0.2) is 47.8 Å². The van der Waals surface area contributed by atoms with Crippen LogP contribution in [0, 0.1) is 5.82 Å². The number of carbonyl (C=O) groups excluding carboxylic acids is 1. The summed E-state index contributed by atoms with van der Waals surface area (Å²) in [5.74, 6) is -0.166. The van der Waals surface area contributed by atoms with Crippen LogP contribution in [0.2, 0.25) is 5.02 Å². The molecule has 0 atom stereocenters. The summed E-state index contributed by atoms with van der Waals surface area (Å²) in [4.78, 5) is 21.4. The first-order chi connectivity index (χ1) is 14.5. The maximum Gasteiger partial charge on any atom is 0.273 e. The molecule has 1 saturated heterocycles. The van der Waals surface area contributed by atoms with E-state index in [1.165, 1.54) is 24.5 Å². The second kappa shape index (κ2) is 9.12. The van der Waals surface area contributed by atoms with Gasteiger partial charge in [-0.3, -0.25) is 9.69 Å². The number of amides is 1.